The normalized spacial score (nSPS) is 13.6. The van der Waals surface area contributed by atoms with Crippen molar-refractivity contribution in [3.8, 4) is 0 Å². The summed E-state index contributed by atoms with van der Waals surface area (Å²) in [6, 6.07) is 0. The number of hydrogen-bond donors (Lipinski definition) is 0. The van der Waals surface area contributed by atoms with Crippen molar-refractivity contribution in [1.82, 2.24) is 0 Å². The molecule has 0 aromatic heterocycles. The van der Waals surface area contributed by atoms with Gasteiger partial charge in [-0.15, -0.1) is 0 Å². The summed E-state index contributed by atoms with van der Waals surface area (Å²) >= 11 is 0. The molecule has 0 aromatic rings. The summed E-state index contributed by atoms with van der Waals surface area (Å²) in [5, 5.41) is 0. The quantitative estimate of drug-likeness (QED) is 0.400. The van der Waals surface area contributed by atoms with E-state index < -0.39 is 30.8 Å². The molecular formula is C6H5F5O2. The van der Waals surface area contributed by atoms with Crippen molar-refractivity contribution in [3.63, 3.8) is 0 Å². The van der Waals surface area contributed by atoms with Gasteiger partial charge < -0.3 is 4.74 Å². The molecule has 0 rings (SSSR count). The zero-order valence-corrected chi connectivity index (χ0v) is 6.20. The van der Waals surface area contributed by atoms with Crippen LogP contribution in [0, 0.1) is 0 Å². The third kappa shape index (κ3) is 6.06. The van der Waals surface area contributed by atoms with Gasteiger partial charge in [0.2, 0.25) is 5.83 Å². The van der Waals surface area contributed by atoms with Crippen LogP contribution in [0.3, 0.4) is 0 Å². The minimum atomic E-state index is -4.81. The Morgan fingerprint density at radius 2 is 1.92 bits per heavy atom. The van der Waals surface area contributed by atoms with Crippen LogP contribution in [0.25, 0.3) is 0 Å². The molecule has 0 spiro atoms. The summed E-state index contributed by atoms with van der Waals surface area (Å²) in [4.78, 5) is 10.1. The van der Waals surface area contributed by atoms with Gasteiger partial charge in [0.1, 0.15) is 6.42 Å². The molecule has 0 radical (unpaired) electrons. The number of ether oxygens (including phenoxy) is 1. The molecule has 1 atom stereocenters. The molecule has 0 saturated carbocycles. The molecule has 0 aromatic carbocycles. The van der Waals surface area contributed by atoms with Gasteiger partial charge in [0.15, 0.2) is 0 Å². The highest BCUT2D eigenvalue weighted by atomic mass is 19.4. The molecule has 0 aliphatic rings. The first-order chi connectivity index (χ1) is 5.72. The summed E-state index contributed by atoms with van der Waals surface area (Å²) in [5.74, 6) is -3.48. The maximum Gasteiger partial charge on any atom is 0.395 e. The van der Waals surface area contributed by atoms with E-state index in [1.54, 1.807) is 0 Å². The number of rotatable bonds is 3. The lowest BCUT2D eigenvalue weighted by Gasteiger charge is -2.10. The van der Waals surface area contributed by atoms with Crippen molar-refractivity contribution in [2.75, 3.05) is 0 Å². The van der Waals surface area contributed by atoms with Crippen molar-refractivity contribution in [2.45, 2.75) is 19.0 Å². The summed E-state index contributed by atoms with van der Waals surface area (Å²) in [5.41, 5.74) is 0. The van der Waals surface area contributed by atoms with Crippen LogP contribution in [-0.4, -0.2) is 18.5 Å². The van der Waals surface area contributed by atoms with Crippen LogP contribution >= 0.6 is 0 Å². The largest absolute Gasteiger partial charge is 0.425 e. The van der Waals surface area contributed by atoms with Gasteiger partial charge in [0, 0.05) is 0 Å². The molecule has 7 heteroatoms. The van der Waals surface area contributed by atoms with Crippen molar-refractivity contribution < 1.29 is 31.5 Å². The van der Waals surface area contributed by atoms with Crippen LogP contribution in [-0.2, 0) is 9.53 Å². The van der Waals surface area contributed by atoms with Crippen LogP contribution in [0.1, 0.15) is 6.42 Å². The van der Waals surface area contributed by atoms with Gasteiger partial charge in [-0.2, -0.15) is 17.6 Å². The Morgan fingerprint density at radius 3 is 2.23 bits per heavy atom. The second-order valence-electron chi connectivity index (χ2n) is 2.04. The van der Waals surface area contributed by atoms with E-state index in [0.29, 0.717) is 0 Å². The standard InChI is InChI=1S/C6H5F5O2/c1-3(7)5(12)13-4(8)2-6(9,10)11/h4H,1-2H2. The Morgan fingerprint density at radius 1 is 1.46 bits per heavy atom. The van der Waals surface area contributed by atoms with Gasteiger partial charge in [-0.1, -0.05) is 6.58 Å². The van der Waals surface area contributed by atoms with Crippen LogP contribution in [0.5, 0.6) is 0 Å². The number of esters is 1. The second kappa shape index (κ2) is 4.20. The van der Waals surface area contributed by atoms with Crippen molar-refractivity contribution in [3.05, 3.63) is 12.4 Å². The average molecular weight is 204 g/mol. The van der Waals surface area contributed by atoms with Gasteiger partial charge in [0.05, 0.1) is 0 Å². The Kier molecular flexibility index (Phi) is 3.83. The first-order valence-corrected chi connectivity index (χ1v) is 2.98. The predicted octanol–water partition coefficient (Wildman–Crippen LogP) is 2.26. The van der Waals surface area contributed by atoms with Gasteiger partial charge in [-0.3, -0.25) is 0 Å². The summed E-state index contributed by atoms with van der Waals surface area (Å²) in [6.45, 7) is 2.42. The van der Waals surface area contributed by atoms with Crippen molar-refractivity contribution in [2.24, 2.45) is 0 Å². The Labute approximate surface area is 70.0 Å². The topological polar surface area (TPSA) is 26.3 Å². The van der Waals surface area contributed by atoms with Crippen molar-refractivity contribution in [1.29, 1.82) is 0 Å². The van der Waals surface area contributed by atoms with E-state index in [1.807, 2.05) is 0 Å². The number of alkyl halides is 4. The SMILES string of the molecule is C=C(F)C(=O)OC(F)CC(F)(F)F. The molecule has 2 nitrogen and oxygen atoms in total. The highest BCUT2D eigenvalue weighted by molar-refractivity contribution is 5.85. The van der Waals surface area contributed by atoms with E-state index in [4.69, 9.17) is 0 Å². The number of carbonyl (C=O) groups is 1. The highest BCUT2D eigenvalue weighted by Gasteiger charge is 2.34. The van der Waals surface area contributed by atoms with E-state index in [9.17, 15) is 26.7 Å². The molecule has 0 bridgehead atoms. The first kappa shape index (κ1) is 11.9. The maximum atomic E-state index is 12.1. The van der Waals surface area contributed by atoms with Crippen LogP contribution < -0.4 is 0 Å². The monoisotopic (exact) mass is 204 g/mol. The van der Waals surface area contributed by atoms with Gasteiger partial charge in [0.25, 0.3) is 6.36 Å². The molecule has 0 saturated heterocycles. The minimum Gasteiger partial charge on any atom is -0.425 e. The molecule has 0 aliphatic carbocycles. The molecular weight excluding hydrogens is 199 g/mol. The summed E-state index contributed by atoms with van der Waals surface area (Å²) < 4.78 is 61.5. The van der Waals surface area contributed by atoms with E-state index >= 15 is 0 Å². The molecule has 0 N–H and O–H groups in total. The zero-order valence-electron chi connectivity index (χ0n) is 6.20. The lowest BCUT2D eigenvalue weighted by molar-refractivity contribution is -0.188. The van der Waals surface area contributed by atoms with E-state index in [-0.39, 0.29) is 0 Å². The highest BCUT2D eigenvalue weighted by Crippen LogP contribution is 2.23. The van der Waals surface area contributed by atoms with E-state index in [2.05, 4.69) is 11.3 Å². The molecule has 0 amide bonds. The van der Waals surface area contributed by atoms with Gasteiger partial charge >= 0.3 is 12.1 Å². The smallest absolute Gasteiger partial charge is 0.395 e. The first-order valence-electron chi connectivity index (χ1n) is 2.98. The van der Waals surface area contributed by atoms with Crippen LogP contribution in [0.2, 0.25) is 0 Å². The third-order valence-corrected chi connectivity index (χ3v) is 0.848. The van der Waals surface area contributed by atoms with Gasteiger partial charge in [-0.05, 0) is 0 Å². The fourth-order valence-electron chi connectivity index (χ4n) is 0.404. The van der Waals surface area contributed by atoms with Gasteiger partial charge in [-0.25, -0.2) is 9.18 Å². The van der Waals surface area contributed by atoms with E-state index in [1.165, 1.54) is 0 Å². The van der Waals surface area contributed by atoms with Crippen LogP contribution in [0.15, 0.2) is 12.4 Å². The minimum absolute atomic E-state index is 1.65. The lowest BCUT2D eigenvalue weighted by Crippen LogP contribution is -2.21. The summed E-state index contributed by atoms with van der Waals surface area (Å²) in [6.07, 6.45) is -9.68. The molecule has 0 heterocycles. The Bertz CT molecular complexity index is 210. The molecule has 0 aliphatic heterocycles. The molecule has 0 fully saturated rings. The average Bonchev–Trinajstić information content (AvgIpc) is 1.81. The number of hydrogen-bond acceptors (Lipinski definition) is 2. The maximum absolute atomic E-state index is 12.1. The second-order valence-corrected chi connectivity index (χ2v) is 2.04. The molecule has 1 unspecified atom stereocenters. The van der Waals surface area contributed by atoms with E-state index in [0.717, 1.165) is 0 Å². The number of halogens is 5. The van der Waals surface area contributed by atoms with Crippen LogP contribution in [0.4, 0.5) is 22.0 Å². The Hall–Kier alpha value is -1.14. The summed E-state index contributed by atoms with van der Waals surface area (Å²) in [7, 11) is 0. The lowest BCUT2D eigenvalue weighted by atomic mass is 10.4. The zero-order chi connectivity index (χ0) is 10.6. The predicted molar refractivity (Wildman–Crippen MR) is 31.9 cm³/mol. The Balaban J connectivity index is 3.95. The third-order valence-electron chi connectivity index (χ3n) is 0.848. The van der Waals surface area contributed by atoms with Crippen molar-refractivity contribution >= 4 is 5.97 Å². The molecule has 13 heavy (non-hydrogen) atoms. The fraction of sp³-hybridized carbons (Fsp3) is 0.500. The fourth-order valence-corrected chi connectivity index (χ4v) is 0.404. The number of carbonyl (C=O) groups excluding carboxylic acids is 1. The molecule has 76 valence electrons.